The summed E-state index contributed by atoms with van der Waals surface area (Å²) in [5.41, 5.74) is 7.54. The minimum absolute atomic E-state index is 0.115. The first-order valence-electron chi connectivity index (χ1n) is 6.38. The molecular formula is C14H20N2O3. The molecule has 19 heavy (non-hydrogen) atoms. The quantitative estimate of drug-likeness (QED) is 0.645. The van der Waals surface area contributed by atoms with Crippen LogP contribution in [-0.4, -0.2) is 31.8 Å². The van der Waals surface area contributed by atoms with Crippen molar-refractivity contribution >= 4 is 17.3 Å². The van der Waals surface area contributed by atoms with Gasteiger partial charge in [-0.2, -0.15) is 0 Å². The molecule has 0 unspecified atom stereocenters. The normalized spacial score (nSPS) is 17.8. The number of ether oxygens (including phenoxy) is 2. The van der Waals surface area contributed by atoms with Crippen molar-refractivity contribution in [3.05, 3.63) is 23.8 Å². The van der Waals surface area contributed by atoms with E-state index in [1.54, 1.807) is 18.2 Å². The van der Waals surface area contributed by atoms with Gasteiger partial charge in [0, 0.05) is 18.8 Å². The monoisotopic (exact) mass is 264 g/mol. The molecule has 0 spiro atoms. The zero-order valence-electron chi connectivity index (χ0n) is 11.4. The molecule has 1 saturated heterocycles. The molecule has 104 valence electrons. The fourth-order valence-electron chi connectivity index (χ4n) is 2.24. The van der Waals surface area contributed by atoms with Crippen LogP contribution in [0.4, 0.5) is 11.4 Å². The number of carbonyl (C=O) groups is 1. The van der Waals surface area contributed by atoms with Crippen LogP contribution in [0.5, 0.6) is 0 Å². The standard InChI is InChI=1S/C14H20N2O3/c1-14(6-8-19-9-7-14)16-12-10(13(17)18-2)4-3-5-11(12)15/h3-5,16H,6-9,15H2,1-2H3. The Balaban J connectivity index is 2.30. The van der Waals surface area contributed by atoms with Crippen LogP contribution in [0.1, 0.15) is 30.1 Å². The van der Waals surface area contributed by atoms with E-state index < -0.39 is 0 Å². The van der Waals surface area contributed by atoms with Gasteiger partial charge in [0.2, 0.25) is 0 Å². The van der Waals surface area contributed by atoms with Gasteiger partial charge in [0.05, 0.1) is 24.0 Å². The molecule has 1 aliphatic rings. The summed E-state index contributed by atoms with van der Waals surface area (Å²) < 4.78 is 10.2. The van der Waals surface area contributed by atoms with Crippen molar-refractivity contribution in [2.45, 2.75) is 25.3 Å². The first kappa shape index (κ1) is 13.7. The molecule has 0 saturated carbocycles. The molecular weight excluding hydrogens is 244 g/mol. The minimum atomic E-state index is -0.384. The van der Waals surface area contributed by atoms with Gasteiger partial charge in [-0.1, -0.05) is 6.07 Å². The summed E-state index contributed by atoms with van der Waals surface area (Å²) >= 11 is 0. The highest BCUT2D eigenvalue weighted by Crippen LogP contribution is 2.31. The maximum Gasteiger partial charge on any atom is 0.340 e. The largest absolute Gasteiger partial charge is 0.465 e. The van der Waals surface area contributed by atoms with Crippen LogP contribution >= 0.6 is 0 Å². The van der Waals surface area contributed by atoms with Crippen LogP contribution in [0.2, 0.25) is 0 Å². The average molecular weight is 264 g/mol. The molecule has 1 aromatic carbocycles. The Hall–Kier alpha value is -1.75. The Bertz CT molecular complexity index is 468. The van der Waals surface area contributed by atoms with Gasteiger partial charge >= 0.3 is 5.97 Å². The van der Waals surface area contributed by atoms with Crippen molar-refractivity contribution < 1.29 is 14.3 Å². The molecule has 0 atom stereocenters. The Morgan fingerprint density at radius 3 is 2.74 bits per heavy atom. The van der Waals surface area contributed by atoms with Crippen molar-refractivity contribution in [2.75, 3.05) is 31.4 Å². The lowest BCUT2D eigenvalue weighted by Gasteiger charge is -2.36. The smallest absolute Gasteiger partial charge is 0.340 e. The van der Waals surface area contributed by atoms with Gasteiger partial charge in [-0.25, -0.2) is 4.79 Å². The van der Waals surface area contributed by atoms with Crippen molar-refractivity contribution in [2.24, 2.45) is 0 Å². The van der Waals surface area contributed by atoms with E-state index in [1.165, 1.54) is 7.11 Å². The lowest BCUT2D eigenvalue weighted by molar-refractivity contribution is 0.0599. The Kier molecular flexibility index (Phi) is 3.95. The third-order valence-corrected chi connectivity index (χ3v) is 3.53. The van der Waals surface area contributed by atoms with E-state index in [2.05, 4.69) is 12.2 Å². The third-order valence-electron chi connectivity index (χ3n) is 3.53. The van der Waals surface area contributed by atoms with Gasteiger partial charge in [-0.3, -0.25) is 0 Å². The van der Waals surface area contributed by atoms with E-state index in [0.29, 0.717) is 30.2 Å². The molecule has 1 fully saturated rings. The molecule has 1 heterocycles. The van der Waals surface area contributed by atoms with E-state index in [1.807, 2.05) is 0 Å². The highest BCUT2D eigenvalue weighted by molar-refractivity contribution is 5.98. The number of nitrogens with one attached hydrogen (secondary N) is 1. The van der Waals surface area contributed by atoms with E-state index in [0.717, 1.165) is 12.8 Å². The van der Waals surface area contributed by atoms with Gasteiger partial charge in [0.15, 0.2) is 0 Å². The summed E-state index contributed by atoms with van der Waals surface area (Å²) in [7, 11) is 1.37. The van der Waals surface area contributed by atoms with Crippen molar-refractivity contribution in [3.8, 4) is 0 Å². The number of methoxy groups -OCH3 is 1. The van der Waals surface area contributed by atoms with Crippen LogP contribution in [-0.2, 0) is 9.47 Å². The van der Waals surface area contributed by atoms with E-state index in [9.17, 15) is 4.79 Å². The van der Waals surface area contributed by atoms with Crippen LogP contribution in [0.25, 0.3) is 0 Å². The summed E-state index contributed by atoms with van der Waals surface area (Å²) in [5, 5.41) is 3.40. The Morgan fingerprint density at radius 1 is 1.42 bits per heavy atom. The van der Waals surface area contributed by atoms with Gasteiger partial charge in [-0.15, -0.1) is 0 Å². The maximum absolute atomic E-state index is 11.8. The number of nitrogens with two attached hydrogens (primary N) is 1. The molecule has 0 radical (unpaired) electrons. The molecule has 0 aliphatic carbocycles. The second-order valence-electron chi connectivity index (χ2n) is 5.06. The minimum Gasteiger partial charge on any atom is -0.465 e. The van der Waals surface area contributed by atoms with Crippen LogP contribution in [0.15, 0.2) is 18.2 Å². The average Bonchev–Trinajstić information content (AvgIpc) is 2.41. The highest BCUT2D eigenvalue weighted by Gasteiger charge is 2.29. The number of anilines is 2. The van der Waals surface area contributed by atoms with Crippen molar-refractivity contribution in [1.82, 2.24) is 0 Å². The Labute approximate surface area is 113 Å². The number of esters is 1. The maximum atomic E-state index is 11.8. The SMILES string of the molecule is COC(=O)c1cccc(N)c1NC1(C)CCOCC1. The van der Waals surface area contributed by atoms with Gasteiger partial charge in [0.25, 0.3) is 0 Å². The molecule has 1 aromatic rings. The fraction of sp³-hybridized carbons (Fsp3) is 0.500. The predicted molar refractivity (Wildman–Crippen MR) is 74.3 cm³/mol. The van der Waals surface area contributed by atoms with Gasteiger partial charge in [-0.05, 0) is 31.9 Å². The highest BCUT2D eigenvalue weighted by atomic mass is 16.5. The fourth-order valence-corrected chi connectivity index (χ4v) is 2.24. The predicted octanol–water partition coefficient (Wildman–Crippen LogP) is 2.04. The number of hydrogen-bond donors (Lipinski definition) is 2. The summed E-state index contributed by atoms with van der Waals surface area (Å²) in [6, 6.07) is 5.24. The molecule has 3 N–H and O–H groups in total. The van der Waals surface area contributed by atoms with E-state index in [4.69, 9.17) is 15.2 Å². The number of para-hydroxylation sites is 1. The number of nitrogen functional groups attached to an aromatic ring is 1. The molecule has 1 aliphatic heterocycles. The molecule has 5 nitrogen and oxygen atoms in total. The Morgan fingerprint density at radius 2 is 2.11 bits per heavy atom. The van der Waals surface area contributed by atoms with E-state index in [-0.39, 0.29) is 11.5 Å². The lowest BCUT2D eigenvalue weighted by atomic mass is 9.91. The number of hydrogen-bond acceptors (Lipinski definition) is 5. The molecule has 0 amide bonds. The number of carbonyl (C=O) groups excluding carboxylic acids is 1. The molecule has 0 bridgehead atoms. The summed E-state index contributed by atoms with van der Waals surface area (Å²) in [6.07, 6.45) is 1.75. The second kappa shape index (κ2) is 5.48. The zero-order valence-corrected chi connectivity index (χ0v) is 11.4. The van der Waals surface area contributed by atoms with E-state index >= 15 is 0 Å². The number of rotatable bonds is 3. The molecule has 5 heteroatoms. The topological polar surface area (TPSA) is 73.6 Å². The number of benzene rings is 1. The summed E-state index contributed by atoms with van der Waals surface area (Å²) in [5.74, 6) is -0.384. The summed E-state index contributed by atoms with van der Waals surface area (Å²) in [4.78, 5) is 11.8. The zero-order chi connectivity index (χ0) is 13.9. The van der Waals surface area contributed by atoms with Gasteiger partial charge in [0.1, 0.15) is 0 Å². The van der Waals surface area contributed by atoms with Crippen LogP contribution < -0.4 is 11.1 Å². The first-order chi connectivity index (χ1) is 9.06. The lowest BCUT2D eigenvalue weighted by Crippen LogP contribution is -2.41. The summed E-state index contributed by atoms with van der Waals surface area (Å²) in [6.45, 7) is 3.54. The third kappa shape index (κ3) is 2.98. The van der Waals surface area contributed by atoms with Crippen LogP contribution in [0.3, 0.4) is 0 Å². The van der Waals surface area contributed by atoms with Gasteiger partial charge < -0.3 is 20.5 Å². The molecule has 0 aromatic heterocycles. The first-order valence-corrected chi connectivity index (χ1v) is 6.38. The van der Waals surface area contributed by atoms with Crippen molar-refractivity contribution in [3.63, 3.8) is 0 Å². The van der Waals surface area contributed by atoms with Crippen LogP contribution in [0, 0.1) is 0 Å². The second-order valence-corrected chi connectivity index (χ2v) is 5.06. The molecule has 2 rings (SSSR count). The van der Waals surface area contributed by atoms with Crippen molar-refractivity contribution in [1.29, 1.82) is 0 Å².